The number of hydrogen-bond acceptors (Lipinski definition) is 7. The number of fused-ring (bicyclic) bond motifs is 2. The fourth-order valence-corrected chi connectivity index (χ4v) is 4.35. The molecule has 0 aliphatic heterocycles. The smallest absolute Gasteiger partial charge is 0.257 e. The van der Waals surface area contributed by atoms with Crippen molar-refractivity contribution >= 4 is 43.5 Å². The molecule has 2 aromatic heterocycles. The second-order valence-electron chi connectivity index (χ2n) is 7.25. The van der Waals surface area contributed by atoms with E-state index in [1.54, 1.807) is 38.6 Å². The molecule has 3 aromatic carbocycles. The van der Waals surface area contributed by atoms with E-state index in [-0.39, 0.29) is 5.91 Å². The summed E-state index contributed by atoms with van der Waals surface area (Å²) in [5, 5.41) is 3.97. The van der Waals surface area contributed by atoms with Crippen LogP contribution in [0.2, 0.25) is 0 Å². The van der Waals surface area contributed by atoms with Gasteiger partial charge in [0.1, 0.15) is 17.3 Å². The number of halogens is 1. The van der Waals surface area contributed by atoms with Crippen LogP contribution in [0.25, 0.3) is 21.1 Å². The minimum atomic E-state index is -0.399. The van der Waals surface area contributed by atoms with Crippen molar-refractivity contribution in [3.05, 3.63) is 78.2 Å². The van der Waals surface area contributed by atoms with E-state index in [9.17, 15) is 9.18 Å². The molecule has 9 heteroatoms. The fourth-order valence-electron chi connectivity index (χ4n) is 3.46. The van der Waals surface area contributed by atoms with Gasteiger partial charge < -0.3 is 14.2 Å². The van der Waals surface area contributed by atoms with E-state index in [0.29, 0.717) is 39.2 Å². The second-order valence-corrected chi connectivity index (χ2v) is 8.28. The quantitative estimate of drug-likeness (QED) is 0.322. The van der Waals surface area contributed by atoms with Crippen molar-refractivity contribution in [3.8, 4) is 23.0 Å². The lowest BCUT2D eigenvalue weighted by Gasteiger charge is -2.12. The highest BCUT2D eigenvalue weighted by molar-refractivity contribution is 7.22. The number of ether oxygens (including phenoxy) is 3. The first-order valence-corrected chi connectivity index (χ1v) is 11.0. The van der Waals surface area contributed by atoms with Crippen molar-refractivity contribution in [2.75, 3.05) is 19.5 Å². The minimum absolute atomic E-state index is 0.348. The number of carbonyl (C=O) groups excluding carboxylic acids is 1. The zero-order chi connectivity index (χ0) is 23.7. The SMILES string of the molecule is COc1cc2nccc(Oc3ccc4nc(NC(=O)c5ccc(F)cc5)sc4c3)c2cc1OC. The molecule has 0 saturated carbocycles. The molecule has 7 nitrogen and oxygen atoms in total. The predicted molar refractivity (Wildman–Crippen MR) is 129 cm³/mol. The Morgan fingerprint density at radius 1 is 0.912 bits per heavy atom. The Morgan fingerprint density at radius 2 is 1.68 bits per heavy atom. The maximum absolute atomic E-state index is 13.1. The number of rotatable bonds is 6. The van der Waals surface area contributed by atoms with Gasteiger partial charge in [-0.05, 0) is 48.5 Å². The number of nitrogens with one attached hydrogen (secondary N) is 1. The molecule has 1 N–H and O–H groups in total. The predicted octanol–water partition coefficient (Wildman–Crippen LogP) is 6.05. The van der Waals surface area contributed by atoms with Crippen LogP contribution in [0, 0.1) is 5.82 Å². The van der Waals surface area contributed by atoms with E-state index >= 15 is 0 Å². The number of thiazole rings is 1. The number of hydrogen-bond donors (Lipinski definition) is 1. The number of aromatic nitrogens is 2. The highest BCUT2D eigenvalue weighted by Gasteiger charge is 2.13. The van der Waals surface area contributed by atoms with Crippen molar-refractivity contribution < 1.29 is 23.4 Å². The molecule has 5 aromatic rings. The van der Waals surface area contributed by atoms with Gasteiger partial charge in [-0.2, -0.15) is 0 Å². The molecule has 0 unspecified atom stereocenters. The molecule has 0 aliphatic carbocycles. The van der Waals surface area contributed by atoms with Gasteiger partial charge in [0.15, 0.2) is 16.6 Å². The highest BCUT2D eigenvalue weighted by Crippen LogP contribution is 2.38. The Balaban J connectivity index is 1.41. The van der Waals surface area contributed by atoms with Gasteiger partial charge in [-0.3, -0.25) is 15.1 Å². The Bertz CT molecular complexity index is 1520. The van der Waals surface area contributed by atoms with Crippen LogP contribution in [-0.4, -0.2) is 30.1 Å². The van der Waals surface area contributed by atoms with Crippen molar-refractivity contribution in [2.45, 2.75) is 0 Å². The largest absolute Gasteiger partial charge is 0.493 e. The van der Waals surface area contributed by atoms with Gasteiger partial charge in [-0.15, -0.1) is 0 Å². The molecule has 0 saturated heterocycles. The molecule has 0 bridgehead atoms. The first-order chi connectivity index (χ1) is 16.5. The van der Waals surface area contributed by atoms with Crippen LogP contribution in [0.15, 0.2) is 66.9 Å². The number of amides is 1. The number of nitrogens with zero attached hydrogens (tertiary/aromatic N) is 2. The van der Waals surface area contributed by atoms with Gasteiger partial charge in [0.2, 0.25) is 0 Å². The van der Waals surface area contributed by atoms with Gasteiger partial charge in [-0.1, -0.05) is 11.3 Å². The van der Waals surface area contributed by atoms with Crippen molar-refractivity contribution in [1.82, 2.24) is 9.97 Å². The van der Waals surface area contributed by atoms with Gasteiger partial charge in [0.25, 0.3) is 5.91 Å². The standard InChI is InChI=1S/C25H18FN3O4S/c1-31-21-12-17-19(13-22(21)32-2)27-10-9-20(17)33-16-7-8-18-23(11-16)34-25(28-18)29-24(30)14-3-5-15(26)6-4-14/h3-13H,1-2H3,(H,28,29,30). The summed E-state index contributed by atoms with van der Waals surface area (Å²) in [7, 11) is 3.15. The van der Waals surface area contributed by atoms with Gasteiger partial charge in [-0.25, -0.2) is 9.37 Å². The van der Waals surface area contributed by atoms with E-state index in [1.807, 2.05) is 18.2 Å². The van der Waals surface area contributed by atoms with Gasteiger partial charge in [0, 0.05) is 29.3 Å². The van der Waals surface area contributed by atoms with Crippen LogP contribution in [0.3, 0.4) is 0 Å². The monoisotopic (exact) mass is 475 g/mol. The van der Waals surface area contributed by atoms with Crippen LogP contribution < -0.4 is 19.5 Å². The van der Waals surface area contributed by atoms with Crippen LogP contribution in [0.4, 0.5) is 9.52 Å². The topological polar surface area (TPSA) is 82.6 Å². The average molecular weight is 476 g/mol. The zero-order valence-electron chi connectivity index (χ0n) is 18.2. The number of methoxy groups -OCH3 is 2. The molecule has 0 spiro atoms. The van der Waals surface area contributed by atoms with E-state index in [4.69, 9.17) is 14.2 Å². The van der Waals surface area contributed by atoms with Gasteiger partial charge >= 0.3 is 0 Å². The normalized spacial score (nSPS) is 10.9. The molecule has 5 rings (SSSR count). The lowest BCUT2D eigenvalue weighted by molar-refractivity contribution is 0.102. The third-order valence-electron chi connectivity index (χ3n) is 5.12. The molecule has 34 heavy (non-hydrogen) atoms. The van der Waals surface area contributed by atoms with Crippen molar-refractivity contribution in [3.63, 3.8) is 0 Å². The van der Waals surface area contributed by atoms with Crippen molar-refractivity contribution in [1.29, 1.82) is 0 Å². The summed E-state index contributed by atoms with van der Waals surface area (Å²) in [6, 6.07) is 16.2. The summed E-state index contributed by atoms with van der Waals surface area (Å²) in [5.74, 6) is 1.62. The molecule has 0 aliphatic rings. The molecular weight excluding hydrogens is 457 g/mol. The maximum Gasteiger partial charge on any atom is 0.257 e. The minimum Gasteiger partial charge on any atom is -0.493 e. The lowest BCUT2D eigenvalue weighted by atomic mass is 10.2. The number of benzene rings is 3. The van der Waals surface area contributed by atoms with Crippen LogP contribution in [0.5, 0.6) is 23.0 Å². The summed E-state index contributed by atoms with van der Waals surface area (Å²) in [6.45, 7) is 0. The maximum atomic E-state index is 13.1. The van der Waals surface area contributed by atoms with E-state index in [2.05, 4.69) is 15.3 Å². The number of carbonyl (C=O) groups is 1. The zero-order valence-corrected chi connectivity index (χ0v) is 19.0. The van der Waals surface area contributed by atoms with Crippen LogP contribution in [-0.2, 0) is 0 Å². The Labute approximate surface area is 197 Å². The average Bonchev–Trinajstić information content (AvgIpc) is 3.25. The molecule has 2 heterocycles. The number of pyridine rings is 1. The second kappa shape index (κ2) is 8.95. The molecule has 0 atom stereocenters. The lowest BCUT2D eigenvalue weighted by Crippen LogP contribution is -2.11. The van der Waals surface area contributed by atoms with Crippen LogP contribution >= 0.6 is 11.3 Å². The highest BCUT2D eigenvalue weighted by atomic mass is 32.1. The van der Waals surface area contributed by atoms with Crippen molar-refractivity contribution in [2.24, 2.45) is 0 Å². The molecule has 0 radical (unpaired) electrons. The van der Waals surface area contributed by atoms with Gasteiger partial charge in [0.05, 0.1) is 30.0 Å². The Morgan fingerprint density at radius 3 is 2.44 bits per heavy atom. The summed E-state index contributed by atoms with van der Waals surface area (Å²) in [6.07, 6.45) is 1.66. The Hall–Kier alpha value is -4.24. The van der Waals surface area contributed by atoms with E-state index in [0.717, 1.165) is 15.6 Å². The molecule has 1 amide bonds. The number of anilines is 1. The summed E-state index contributed by atoms with van der Waals surface area (Å²) in [4.78, 5) is 21.3. The third-order valence-corrected chi connectivity index (χ3v) is 6.06. The van der Waals surface area contributed by atoms with E-state index < -0.39 is 5.82 Å². The third kappa shape index (κ3) is 4.20. The first kappa shape index (κ1) is 21.6. The summed E-state index contributed by atoms with van der Waals surface area (Å²) < 4.78 is 30.9. The summed E-state index contributed by atoms with van der Waals surface area (Å²) in [5.41, 5.74) is 1.78. The summed E-state index contributed by atoms with van der Waals surface area (Å²) >= 11 is 1.32. The van der Waals surface area contributed by atoms with Crippen LogP contribution in [0.1, 0.15) is 10.4 Å². The van der Waals surface area contributed by atoms with E-state index in [1.165, 1.54) is 35.6 Å². The fraction of sp³-hybridized carbons (Fsp3) is 0.0800. The molecular formula is C25H18FN3O4S. The Kier molecular flexibility index (Phi) is 5.69. The first-order valence-electron chi connectivity index (χ1n) is 10.2. The molecule has 0 fully saturated rings. The molecule has 170 valence electrons.